The van der Waals surface area contributed by atoms with Crippen LogP contribution in [-0.2, 0) is 0 Å². The fourth-order valence-corrected chi connectivity index (χ4v) is 1.93. The number of nitriles is 1. The van der Waals surface area contributed by atoms with Crippen LogP contribution in [0.1, 0.15) is 23.7 Å². The lowest BCUT2D eigenvalue weighted by Crippen LogP contribution is -2.35. The first-order valence-corrected chi connectivity index (χ1v) is 6.44. The first-order chi connectivity index (χ1) is 10.0. The van der Waals surface area contributed by atoms with E-state index in [1.807, 2.05) is 6.92 Å². The van der Waals surface area contributed by atoms with Crippen molar-refractivity contribution in [1.82, 2.24) is 4.90 Å². The van der Waals surface area contributed by atoms with E-state index in [1.165, 1.54) is 26.2 Å². The molecular weight excluding hydrogens is 272 g/mol. The summed E-state index contributed by atoms with van der Waals surface area (Å²) in [6.45, 7) is 1.81. The Bertz CT molecular complexity index is 551. The molecule has 0 aromatic heterocycles. The molecule has 0 N–H and O–H groups in total. The zero-order valence-electron chi connectivity index (χ0n) is 13.0. The molecule has 0 aliphatic rings. The lowest BCUT2D eigenvalue weighted by molar-refractivity contribution is 0.0742. The summed E-state index contributed by atoms with van der Waals surface area (Å²) in [5, 5.41) is 8.74. The van der Waals surface area contributed by atoms with Crippen molar-refractivity contribution in [3.05, 3.63) is 17.7 Å². The predicted octanol–water partition coefficient (Wildman–Crippen LogP) is 2.09. The standard InChI is InChI=1S/C15H20N2O4/c1-10(8-9-16)17(2)15(18)11-6-7-12(19-3)14(21-5)13(11)20-4/h6-7,10H,8H2,1-5H3. The molecule has 1 aromatic carbocycles. The lowest BCUT2D eigenvalue weighted by Gasteiger charge is -2.24. The van der Waals surface area contributed by atoms with Gasteiger partial charge in [-0.15, -0.1) is 0 Å². The molecule has 6 heteroatoms. The topological polar surface area (TPSA) is 71.8 Å². The molecule has 1 aromatic rings. The van der Waals surface area contributed by atoms with Crippen LogP contribution < -0.4 is 14.2 Å². The van der Waals surface area contributed by atoms with Crippen molar-refractivity contribution < 1.29 is 19.0 Å². The Morgan fingerprint density at radius 1 is 1.24 bits per heavy atom. The van der Waals surface area contributed by atoms with Gasteiger partial charge in [0.25, 0.3) is 5.91 Å². The number of carbonyl (C=O) groups is 1. The van der Waals surface area contributed by atoms with Gasteiger partial charge in [-0.25, -0.2) is 0 Å². The molecule has 0 aliphatic heterocycles. The number of rotatable bonds is 6. The van der Waals surface area contributed by atoms with Gasteiger partial charge in [-0.1, -0.05) is 0 Å². The zero-order valence-corrected chi connectivity index (χ0v) is 13.0. The van der Waals surface area contributed by atoms with Crippen molar-refractivity contribution in [1.29, 1.82) is 5.26 Å². The van der Waals surface area contributed by atoms with Crippen molar-refractivity contribution >= 4 is 5.91 Å². The highest BCUT2D eigenvalue weighted by Gasteiger charge is 2.25. The van der Waals surface area contributed by atoms with Crippen LogP contribution in [0.2, 0.25) is 0 Å². The van der Waals surface area contributed by atoms with E-state index >= 15 is 0 Å². The van der Waals surface area contributed by atoms with Crippen molar-refractivity contribution in [2.45, 2.75) is 19.4 Å². The average Bonchev–Trinajstić information content (AvgIpc) is 2.51. The normalized spacial score (nSPS) is 11.2. The number of amides is 1. The molecular formula is C15H20N2O4. The highest BCUT2D eigenvalue weighted by molar-refractivity contribution is 5.98. The summed E-state index contributed by atoms with van der Waals surface area (Å²) in [4.78, 5) is 14.1. The van der Waals surface area contributed by atoms with Crippen molar-refractivity contribution in [2.75, 3.05) is 28.4 Å². The van der Waals surface area contributed by atoms with Crippen LogP contribution in [-0.4, -0.2) is 45.2 Å². The second-order valence-electron chi connectivity index (χ2n) is 4.51. The predicted molar refractivity (Wildman–Crippen MR) is 77.9 cm³/mol. The molecule has 0 saturated carbocycles. The summed E-state index contributed by atoms with van der Waals surface area (Å²) >= 11 is 0. The van der Waals surface area contributed by atoms with Crippen LogP contribution in [0, 0.1) is 11.3 Å². The highest BCUT2D eigenvalue weighted by atomic mass is 16.5. The summed E-state index contributed by atoms with van der Waals surface area (Å²) in [6, 6.07) is 5.13. The summed E-state index contributed by atoms with van der Waals surface area (Å²) in [6.07, 6.45) is 0.262. The van der Waals surface area contributed by atoms with Crippen LogP contribution >= 0.6 is 0 Å². The van der Waals surface area contributed by atoms with E-state index in [1.54, 1.807) is 19.2 Å². The third kappa shape index (κ3) is 3.37. The van der Waals surface area contributed by atoms with Crippen molar-refractivity contribution in [3.63, 3.8) is 0 Å². The molecule has 6 nitrogen and oxygen atoms in total. The van der Waals surface area contributed by atoms with Crippen LogP contribution in [0.15, 0.2) is 12.1 Å². The SMILES string of the molecule is COc1ccc(C(=O)N(C)C(C)CC#N)c(OC)c1OC. The summed E-state index contributed by atoms with van der Waals surface area (Å²) < 4.78 is 15.8. The maximum Gasteiger partial charge on any atom is 0.257 e. The lowest BCUT2D eigenvalue weighted by atomic mass is 10.1. The molecule has 1 amide bonds. The fourth-order valence-electron chi connectivity index (χ4n) is 1.93. The first kappa shape index (κ1) is 16.6. The second kappa shape index (κ2) is 7.39. The summed E-state index contributed by atoms with van der Waals surface area (Å²) in [5.41, 5.74) is 0.363. The minimum atomic E-state index is -0.240. The molecule has 1 unspecified atom stereocenters. The Morgan fingerprint density at radius 2 is 1.86 bits per heavy atom. The smallest absolute Gasteiger partial charge is 0.257 e. The van der Waals surface area contributed by atoms with Gasteiger partial charge in [0, 0.05) is 13.1 Å². The third-order valence-corrected chi connectivity index (χ3v) is 3.30. The van der Waals surface area contributed by atoms with Crippen LogP contribution in [0.4, 0.5) is 0 Å². The second-order valence-corrected chi connectivity index (χ2v) is 4.51. The molecule has 0 heterocycles. The quantitative estimate of drug-likeness (QED) is 0.802. The molecule has 0 bridgehead atoms. The molecule has 1 rings (SSSR count). The van der Waals surface area contributed by atoms with Gasteiger partial charge >= 0.3 is 0 Å². The number of hydrogen-bond acceptors (Lipinski definition) is 5. The summed E-state index contributed by atoms with van der Waals surface area (Å²) in [7, 11) is 6.11. The third-order valence-electron chi connectivity index (χ3n) is 3.30. The number of methoxy groups -OCH3 is 3. The number of hydrogen-bond donors (Lipinski definition) is 0. The fraction of sp³-hybridized carbons (Fsp3) is 0.467. The number of nitrogens with zero attached hydrogens (tertiary/aromatic N) is 2. The van der Waals surface area contributed by atoms with Crippen LogP contribution in [0.3, 0.4) is 0 Å². The molecule has 21 heavy (non-hydrogen) atoms. The molecule has 0 fully saturated rings. The van der Waals surface area contributed by atoms with Crippen LogP contribution in [0.25, 0.3) is 0 Å². The Hall–Kier alpha value is -2.42. The van der Waals surface area contributed by atoms with Gasteiger partial charge < -0.3 is 19.1 Å². The van der Waals surface area contributed by atoms with Gasteiger partial charge in [0.05, 0.1) is 39.4 Å². The average molecular weight is 292 g/mol. The minimum absolute atomic E-state index is 0.194. The van der Waals surface area contributed by atoms with E-state index in [0.717, 1.165) is 0 Å². The van der Waals surface area contributed by atoms with Gasteiger partial charge in [-0.05, 0) is 19.1 Å². The Morgan fingerprint density at radius 3 is 2.33 bits per heavy atom. The minimum Gasteiger partial charge on any atom is -0.493 e. The number of carbonyl (C=O) groups excluding carboxylic acids is 1. The van der Waals surface area contributed by atoms with E-state index in [0.29, 0.717) is 22.8 Å². The molecule has 0 radical (unpaired) electrons. The Balaban J connectivity index is 3.24. The molecule has 1 atom stereocenters. The maximum absolute atomic E-state index is 12.5. The number of ether oxygens (including phenoxy) is 3. The van der Waals surface area contributed by atoms with E-state index < -0.39 is 0 Å². The van der Waals surface area contributed by atoms with Crippen molar-refractivity contribution in [2.24, 2.45) is 0 Å². The monoisotopic (exact) mass is 292 g/mol. The molecule has 0 saturated heterocycles. The summed E-state index contributed by atoms with van der Waals surface area (Å²) in [5.74, 6) is 0.930. The maximum atomic E-state index is 12.5. The largest absolute Gasteiger partial charge is 0.493 e. The van der Waals surface area contributed by atoms with Crippen molar-refractivity contribution in [3.8, 4) is 23.3 Å². The highest BCUT2D eigenvalue weighted by Crippen LogP contribution is 2.40. The Kier molecular flexibility index (Phi) is 5.85. The van der Waals surface area contributed by atoms with Gasteiger partial charge in [0.15, 0.2) is 11.5 Å². The molecule has 114 valence electrons. The van der Waals surface area contributed by atoms with Gasteiger partial charge in [0.1, 0.15) is 0 Å². The molecule has 0 spiro atoms. The first-order valence-electron chi connectivity index (χ1n) is 6.44. The molecule has 0 aliphatic carbocycles. The Labute approximate surface area is 124 Å². The van der Waals surface area contributed by atoms with Gasteiger partial charge in [-0.2, -0.15) is 5.26 Å². The van der Waals surface area contributed by atoms with E-state index in [-0.39, 0.29) is 18.4 Å². The van der Waals surface area contributed by atoms with Gasteiger partial charge in [-0.3, -0.25) is 4.79 Å². The van der Waals surface area contributed by atoms with E-state index in [9.17, 15) is 4.79 Å². The van der Waals surface area contributed by atoms with Crippen LogP contribution in [0.5, 0.6) is 17.2 Å². The van der Waals surface area contributed by atoms with E-state index in [4.69, 9.17) is 19.5 Å². The number of benzene rings is 1. The van der Waals surface area contributed by atoms with Gasteiger partial charge in [0.2, 0.25) is 5.75 Å². The zero-order chi connectivity index (χ0) is 16.0. The van der Waals surface area contributed by atoms with E-state index in [2.05, 4.69) is 6.07 Å².